The zero-order chi connectivity index (χ0) is 12.3. The van der Waals surface area contributed by atoms with Gasteiger partial charge in [0.05, 0.1) is 6.10 Å². The number of rotatable bonds is 4. The number of nitrogens with zero attached hydrogens (tertiary/aromatic N) is 1. The van der Waals surface area contributed by atoms with Crippen LogP contribution >= 0.6 is 0 Å². The van der Waals surface area contributed by atoms with Crippen LogP contribution in [-0.2, 0) is 6.54 Å². The molecule has 0 aliphatic rings. The molecule has 2 heteroatoms. The fourth-order valence-electron chi connectivity index (χ4n) is 1.62. The maximum atomic E-state index is 9.93. The van der Waals surface area contributed by atoms with E-state index in [0.29, 0.717) is 5.41 Å². The molecule has 0 aliphatic heterocycles. The van der Waals surface area contributed by atoms with Crippen molar-refractivity contribution in [2.45, 2.75) is 53.7 Å². The number of aliphatic hydroxyl groups is 1. The van der Waals surface area contributed by atoms with Gasteiger partial charge in [-0.3, -0.25) is 0 Å². The summed E-state index contributed by atoms with van der Waals surface area (Å²) < 4.78 is 2.17. The lowest BCUT2D eigenvalue weighted by Gasteiger charge is -2.18. The molecule has 0 aromatic carbocycles. The largest absolute Gasteiger partial charge is 0.388 e. The van der Waals surface area contributed by atoms with E-state index in [1.807, 2.05) is 19.9 Å². The molecule has 0 amide bonds. The predicted molar refractivity (Wildman–Crippen MR) is 68.3 cm³/mol. The third-order valence-electron chi connectivity index (χ3n) is 2.87. The van der Waals surface area contributed by atoms with Crippen LogP contribution in [0.2, 0.25) is 0 Å². The molecule has 1 rings (SSSR count). The molecule has 1 N–H and O–H groups in total. The van der Waals surface area contributed by atoms with E-state index in [-0.39, 0.29) is 12.0 Å². The van der Waals surface area contributed by atoms with Crippen LogP contribution in [0.25, 0.3) is 0 Å². The minimum Gasteiger partial charge on any atom is -0.388 e. The van der Waals surface area contributed by atoms with Gasteiger partial charge in [0.2, 0.25) is 0 Å². The number of hydrogen-bond acceptors (Lipinski definition) is 1. The van der Waals surface area contributed by atoms with Gasteiger partial charge < -0.3 is 9.67 Å². The molecule has 0 saturated heterocycles. The molecule has 92 valence electrons. The minimum absolute atomic E-state index is 0.276. The fraction of sp³-hybridized carbons (Fsp3) is 0.714. The molecule has 0 spiro atoms. The molecule has 0 radical (unpaired) electrons. The Morgan fingerprint density at radius 1 is 1.31 bits per heavy atom. The summed E-state index contributed by atoms with van der Waals surface area (Å²) >= 11 is 0. The van der Waals surface area contributed by atoms with Crippen LogP contribution in [0.1, 0.15) is 52.7 Å². The predicted octanol–water partition coefficient (Wildman–Crippen LogP) is 3.61. The van der Waals surface area contributed by atoms with Crippen molar-refractivity contribution in [2.24, 2.45) is 11.3 Å². The zero-order valence-electron chi connectivity index (χ0n) is 11.2. The second-order valence-electron chi connectivity index (χ2n) is 6.18. The molecule has 0 bridgehead atoms. The Bertz CT molecular complexity index is 320. The monoisotopic (exact) mass is 223 g/mol. The molecule has 1 atom stereocenters. The van der Waals surface area contributed by atoms with Gasteiger partial charge >= 0.3 is 0 Å². The van der Waals surface area contributed by atoms with Crippen molar-refractivity contribution in [3.05, 3.63) is 24.0 Å². The normalized spacial score (nSPS) is 14.4. The smallest absolute Gasteiger partial charge is 0.0827 e. The average molecular weight is 223 g/mol. The molecule has 0 fully saturated rings. The molecule has 1 heterocycles. The molecule has 1 unspecified atom stereocenters. The van der Waals surface area contributed by atoms with Crippen molar-refractivity contribution >= 4 is 0 Å². The number of aryl methyl sites for hydroxylation is 1. The van der Waals surface area contributed by atoms with Crippen molar-refractivity contribution in [1.29, 1.82) is 0 Å². The summed E-state index contributed by atoms with van der Waals surface area (Å²) in [6.07, 6.45) is 4.94. The Labute approximate surface area is 99.3 Å². The van der Waals surface area contributed by atoms with Gasteiger partial charge in [0.1, 0.15) is 0 Å². The third kappa shape index (κ3) is 4.01. The average Bonchev–Trinajstić information content (AvgIpc) is 2.60. The maximum Gasteiger partial charge on any atom is 0.0827 e. The van der Waals surface area contributed by atoms with E-state index in [1.165, 1.54) is 0 Å². The van der Waals surface area contributed by atoms with E-state index in [1.54, 1.807) is 0 Å². The molecular weight excluding hydrogens is 198 g/mol. The zero-order valence-corrected chi connectivity index (χ0v) is 11.2. The first-order chi connectivity index (χ1) is 7.29. The first kappa shape index (κ1) is 13.3. The van der Waals surface area contributed by atoms with Crippen LogP contribution in [0.3, 0.4) is 0 Å². The van der Waals surface area contributed by atoms with E-state index in [0.717, 1.165) is 18.5 Å². The molecule has 0 saturated carbocycles. The molecule has 2 nitrogen and oxygen atoms in total. The van der Waals surface area contributed by atoms with Crippen molar-refractivity contribution in [1.82, 2.24) is 4.57 Å². The van der Waals surface area contributed by atoms with Gasteiger partial charge in [-0.25, -0.2) is 0 Å². The summed E-state index contributed by atoms with van der Waals surface area (Å²) in [5.74, 6) is 0.276. The van der Waals surface area contributed by atoms with Crippen LogP contribution in [-0.4, -0.2) is 9.67 Å². The van der Waals surface area contributed by atoms with Crippen LogP contribution in [0, 0.1) is 11.3 Å². The van der Waals surface area contributed by atoms with Crippen LogP contribution in [0.5, 0.6) is 0 Å². The standard InChI is InChI=1S/C14H25NO/c1-11(2)13(16)12-6-8-15(10-12)9-7-14(3,4)5/h6,8,10-11,13,16H,7,9H2,1-5H3. The van der Waals surface area contributed by atoms with E-state index < -0.39 is 0 Å². The van der Waals surface area contributed by atoms with Crippen LogP contribution in [0.4, 0.5) is 0 Å². The number of aliphatic hydroxyl groups excluding tert-OH is 1. The summed E-state index contributed by atoms with van der Waals surface area (Å²) in [6, 6.07) is 2.02. The highest BCUT2D eigenvalue weighted by Gasteiger charge is 2.14. The lowest BCUT2D eigenvalue weighted by Crippen LogP contribution is -2.09. The molecule has 1 aromatic rings. The van der Waals surface area contributed by atoms with Gasteiger partial charge in [0, 0.05) is 18.9 Å². The van der Waals surface area contributed by atoms with E-state index in [4.69, 9.17) is 0 Å². The first-order valence-corrected chi connectivity index (χ1v) is 6.13. The van der Waals surface area contributed by atoms with Crippen molar-refractivity contribution in [3.8, 4) is 0 Å². The van der Waals surface area contributed by atoms with Crippen molar-refractivity contribution < 1.29 is 5.11 Å². The Morgan fingerprint density at radius 2 is 1.94 bits per heavy atom. The molecular formula is C14H25NO. The van der Waals surface area contributed by atoms with Gasteiger partial charge in [-0.05, 0) is 29.4 Å². The van der Waals surface area contributed by atoms with E-state index in [2.05, 4.69) is 37.7 Å². The van der Waals surface area contributed by atoms with Gasteiger partial charge in [0.25, 0.3) is 0 Å². The van der Waals surface area contributed by atoms with Gasteiger partial charge in [0.15, 0.2) is 0 Å². The summed E-state index contributed by atoms with van der Waals surface area (Å²) in [7, 11) is 0. The van der Waals surface area contributed by atoms with Gasteiger partial charge in [-0.15, -0.1) is 0 Å². The Morgan fingerprint density at radius 3 is 2.44 bits per heavy atom. The number of hydrogen-bond donors (Lipinski definition) is 1. The minimum atomic E-state index is -0.337. The van der Waals surface area contributed by atoms with Crippen molar-refractivity contribution in [2.75, 3.05) is 0 Å². The lowest BCUT2D eigenvalue weighted by molar-refractivity contribution is 0.127. The number of aromatic nitrogens is 1. The van der Waals surface area contributed by atoms with E-state index in [9.17, 15) is 5.11 Å². The second kappa shape index (κ2) is 5.05. The highest BCUT2D eigenvalue weighted by molar-refractivity contribution is 5.14. The maximum absolute atomic E-state index is 9.93. The Hall–Kier alpha value is -0.760. The molecule has 16 heavy (non-hydrogen) atoms. The van der Waals surface area contributed by atoms with E-state index >= 15 is 0 Å². The fourth-order valence-corrected chi connectivity index (χ4v) is 1.62. The Kier molecular flexibility index (Phi) is 4.20. The lowest BCUT2D eigenvalue weighted by atomic mass is 9.92. The van der Waals surface area contributed by atoms with Crippen LogP contribution < -0.4 is 0 Å². The summed E-state index contributed by atoms with van der Waals surface area (Å²) in [5, 5.41) is 9.93. The van der Waals surface area contributed by atoms with Gasteiger partial charge in [-0.1, -0.05) is 34.6 Å². The Balaban J connectivity index is 2.58. The van der Waals surface area contributed by atoms with Crippen molar-refractivity contribution in [3.63, 3.8) is 0 Å². The highest BCUT2D eigenvalue weighted by atomic mass is 16.3. The quantitative estimate of drug-likeness (QED) is 0.828. The SMILES string of the molecule is CC(C)C(O)c1ccn(CCC(C)(C)C)c1. The molecule has 0 aliphatic carbocycles. The van der Waals surface area contributed by atoms with Gasteiger partial charge in [-0.2, -0.15) is 0 Å². The third-order valence-corrected chi connectivity index (χ3v) is 2.87. The summed E-state index contributed by atoms with van der Waals surface area (Å²) in [5.41, 5.74) is 1.39. The summed E-state index contributed by atoms with van der Waals surface area (Å²) in [6.45, 7) is 11.9. The second-order valence-corrected chi connectivity index (χ2v) is 6.18. The summed E-state index contributed by atoms with van der Waals surface area (Å²) in [4.78, 5) is 0. The molecule has 1 aromatic heterocycles. The first-order valence-electron chi connectivity index (χ1n) is 6.13. The topological polar surface area (TPSA) is 25.2 Å². The highest BCUT2D eigenvalue weighted by Crippen LogP contribution is 2.23. The van der Waals surface area contributed by atoms with Crippen LogP contribution in [0.15, 0.2) is 18.5 Å².